The van der Waals surface area contributed by atoms with Gasteiger partial charge in [0, 0.05) is 18.9 Å². The molecule has 0 aliphatic rings. The van der Waals surface area contributed by atoms with Crippen LogP contribution in [0.1, 0.15) is 12.0 Å². The maximum absolute atomic E-state index is 5.55. The molecule has 0 saturated heterocycles. The number of nitrogens with one attached hydrogen (secondary N) is 1. The van der Waals surface area contributed by atoms with E-state index >= 15 is 0 Å². The molecule has 2 heterocycles. The molecule has 0 fully saturated rings. The summed E-state index contributed by atoms with van der Waals surface area (Å²) in [6, 6.07) is 31.1. The van der Waals surface area contributed by atoms with Crippen LogP contribution in [0.2, 0.25) is 0 Å². The van der Waals surface area contributed by atoms with Gasteiger partial charge in [-0.3, -0.25) is 9.97 Å². The molecule has 0 radical (unpaired) electrons. The summed E-state index contributed by atoms with van der Waals surface area (Å²) in [5.41, 5.74) is 8.76. The van der Waals surface area contributed by atoms with E-state index < -0.39 is 0 Å². The molecule has 0 aliphatic heterocycles. The van der Waals surface area contributed by atoms with Gasteiger partial charge in [-0.2, -0.15) is 0 Å². The van der Waals surface area contributed by atoms with Crippen LogP contribution in [0.25, 0.3) is 32.9 Å². The molecule has 0 saturated carbocycles. The average molecular weight is 687 g/mol. The van der Waals surface area contributed by atoms with Gasteiger partial charge in [0.1, 0.15) is 0 Å². The Labute approximate surface area is 233 Å². The predicted molar refractivity (Wildman–Crippen MR) is 134 cm³/mol. The van der Waals surface area contributed by atoms with Crippen molar-refractivity contribution in [1.82, 2.24) is 15.3 Å². The molecule has 3 N–H and O–H groups in total. The molecule has 0 amide bonds. The summed E-state index contributed by atoms with van der Waals surface area (Å²) in [4.78, 5) is 8.37. The second-order valence-corrected chi connectivity index (χ2v) is 7.55. The zero-order valence-electron chi connectivity index (χ0n) is 19.2. The van der Waals surface area contributed by atoms with Gasteiger partial charge in [0.25, 0.3) is 0 Å². The van der Waals surface area contributed by atoms with Crippen molar-refractivity contribution in [2.45, 2.75) is 13.0 Å². The van der Waals surface area contributed by atoms with E-state index in [0.717, 1.165) is 37.4 Å². The summed E-state index contributed by atoms with van der Waals surface area (Å²) in [5, 5.41) is 8.80. The van der Waals surface area contributed by atoms with E-state index in [2.05, 4.69) is 69.9 Å². The number of fused-ring (bicyclic) bond motifs is 2. The van der Waals surface area contributed by atoms with Crippen molar-refractivity contribution in [2.24, 2.45) is 5.73 Å². The third-order valence-corrected chi connectivity index (χ3v) is 5.33. The Bertz CT molecular complexity index is 1180. The first-order chi connectivity index (χ1) is 15.9. The van der Waals surface area contributed by atoms with Gasteiger partial charge in [-0.05, 0) is 77.0 Å². The fourth-order valence-electron chi connectivity index (χ4n) is 3.77. The number of pyridine rings is 2. The zero-order valence-corrected chi connectivity index (χ0v) is 23.0. The van der Waals surface area contributed by atoms with Gasteiger partial charge < -0.3 is 35.9 Å². The number of nitrogens with zero attached hydrogens (tertiary/aromatic N) is 2. The van der Waals surface area contributed by atoms with Gasteiger partial charge in [0.2, 0.25) is 0 Å². The smallest absolute Gasteiger partial charge is 1.00 e. The monoisotopic (exact) mass is 685 g/mol. The first-order valence-electron chi connectivity index (χ1n) is 11.0. The van der Waals surface area contributed by atoms with Gasteiger partial charge in [0.05, 0.1) is 11.4 Å². The van der Waals surface area contributed by atoms with Crippen molar-refractivity contribution < 1.29 is 45.9 Å². The van der Waals surface area contributed by atoms with Crippen LogP contribution in [0.4, 0.5) is 0 Å². The number of hydrogen-bond acceptors (Lipinski definition) is 4. The molecule has 3 aromatic carbocycles. The van der Waals surface area contributed by atoms with Crippen LogP contribution in [-0.2, 0) is 27.6 Å². The normalized spacial score (nSPS) is 9.74. The van der Waals surface area contributed by atoms with Crippen molar-refractivity contribution in [3.63, 3.8) is 0 Å². The number of nitrogens with two attached hydrogens (primary N) is 1. The molecule has 7 heteroatoms. The van der Waals surface area contributed by atoms with Crippen LogP contribution in [0.5, 0.6) is 0 Å². The number of rotatable bonds is 6. The summed E-state index contributed by atoms with van der Waals surface area (Å²) >= 11 is 0. The standard InChI is InChI=1S/C18H20N2.C10H8N2.2ClH.Pt/c19-10-5-11-20-13-18-16-8-3-1-6-14(16)12-15-7-2-4-9-17(15)18;1-3-7-11-9(5-1)10-6-2-4-8-12-10;;;/h1-4,6-9,12,20H,5,10-11,13,19H2;1-8H;2*1H;/q;;;;+2/p-2. The van der Waals surface area contributed by atoms with E-state index in [0.29, 0.717) is 0 Å². The Kier molecular flexibility index (Phi) is 14.3. The van der Waals surface area contributed by atoms with E-state index in [1.165, 1.54) is 27.1 Å². The molecule has 0 aliphatic carbocycles. The Morgan fingerprint density at radius 1 is 0.657 bits per heavy atom. The minimum Gasteiger partial charge on any atom is -1.00 e. The average Bonchev–Trinajstić information content (AvgIpc) is 2.87. The minimum absolute atomic E-state index is 0. The Balaban J connectivity index is 0.000000356. The van der Waals surface area contributed by atoms with Crippen LogP contribution in [0.15, 0.2) is 103 Å². The zero-order chi connectivity index (χ0) is 22.0. The Morgan fingerprint density at radius 3 is 1.60 bits per heavy atom. The molecule has 5 aromatic rings. The molecule has 0 spiro atoms. The van der Waals surface area contributed by atoms with Gasteiger partial charge in [-0.1, -0.05) is 60.7 Å². The third-order valence-electron chi connectivity index (χ3n) is 5.33. The number of hydrogen-bond donors (Lipinski definition) is 2. The molecule has 0 atom stereocenters. The second kappa shape index (κ2) is 16.4. The summed E-state index contributed by atoms with van der Waals surface area (Å²) in [5.74, 6) is 0. The van der Waals surface area contributed by atoms with Crippen LogP contribution in [-0.4, -0.2) is 23.1 Å². The van der Waals surface area contributed by atoms with E-state index in [9.17, 15) is 0 Å². The van der Waals surface area contributed by atoms with Gasteiger partial charge in [-0.15, -0.1) is 0 Å². The number of halogens is 2. The predicted octanol–water partition coefficient (Wildman–Crippen LogP) is -0.419. The summed E-state index contributed by atoms with van der Waals surface area (Å²) in [6.45, 7) is 2.60. The van der Waals surface area contributed by atoms with E-state index in [-0.39, 0.29) is 45.9 Å². The van der Waals surface area contributed by atoms with Crippen LogP contribution >= 0.6 is 0 Å². The van der Waals surface area contributed by atoms with Crippen molar-refractivity contribution in [3.8, 4) is 11.4 Å². The summed E-state index contributed by atoms with van der Waals surface area (Å²) in [6.07, 6.45) is 4.55. The van der Waals surface area contributed by atoms with Crippen molar-refractivity contribution >= 4 is 21.5 Å². The van der Waals surface area contributed by atoms with E-state index in [1.54, 1.807) is 12.4 Å². The summed E-state index contributed by atoms with van der Waals surface area (Å²) < 4.78 is 0. The molecular weight excluding hydrogens is 658 g/mol. The van der Waals surface area contributed by atoms with E-state index in [4.69, 9.17) is 5.73 Å². The minimum atomic E-state index is 0. The third kappa shape index (κ3) is 8.38. The van der Waals surface area contributed by atoms with Crippen molar-refractivity contribution in [2.75, 3.05) is 13.1 Å². The molecule has 0 bridgehead atoms. The fraction of sp³-hybridized carbons (Fsp3) is 0.143. The number of benzene rings is 3. The largest absolute Gasteiger partial charge is 2.00 e. The summed E-state index contributed by atoms with van der Waals surface area (Å²) in [7, 11) is 0. The number of aromatic nitrogens is 2. The molecule has 0 unspecified atom stereocenters. The maximum Gasteiger partial charge on any atom is 2.00 e. The SMILES string of the molecule is NCCCNCc1c2ccccc2cc2ccccc12.[Cl-].[Cl-].[Pt+2].c1ccc(-c2ccccn2)nc1. The topological polar surface area (TPSA) is 63.8 Å². The van der Waals surface area contributed by atoms with Crippen LogP contribution in [0, 0.1) is 0 Å². The van der Waals surface area contributed by atoms with Crippen LogP contribution in [0.3, 0.4) is 0 Å². The quantitative estimate of drug-likeness (QED) is 0.189. The molecule has 4 nitrogen and oxygen atoms in total. The van der Waals surface area contributed by atoms with E-state index in [1.807, 2.05) is 36.4 Å². The first kappa shape index (κ1) is 30.7. The Hall–Kier alpha value is -2.33. The fourth-order valence-corrected chi connectivity index (χ4v) is 3.77. The molecule has 2 aromatic heterocycles. The maximum atomic E-state index is 5.55. The Morgan fingerprint density at radius 2 is 1.14 bits per heavy atom. The van der Waals surface area contributed by atoms with Gasteiger partial charge in [-0.25, -0.2) is 0 Å². The van der Waals surface area contributed by atoms with Gasteiger partial charge >= 0.3 is 21.1 Å². The second-order valence-electron chi connectivity index (χ2n) is 7.55. The van der Waals surface area contributed by atoms with Crippen molar-refractivity contribution in [3.05, 3.63) is 109 Å². The molecule has 35 heavy (non-hydrogen) atoms. The van der Waals surface area contributed by atoms with Gasteiger partial charge in [0.15, 0.2) is 0 Å². The molecular formula is C28H28Cl2N4Pt. The van der Waals surface area contributed by atoms with Crippen LogP contribution < -0.4 is 35.9 Å². The molecule has 5 rings (SSSR count). The molecule has 184 valence electrons. The first-order valence-corrected chi connectivity index (χ1v) is 11.0. The van der Waals surface area contributed by atoms with Crippen molar-refractivity contribution in [1.29, 1.82) is 0 Å².